The van der Waals surface area contributed by atoms with Gasteiger partial charge in [-0.25, -0.2) is 4.98 Å². The molecule has 0 aliphatic rings. The van der Waals surface area contributed by atoms with Gasteiger partial charge in [0.1, 0.15) is 12.1 Å². The van der Waals surface area contributed by atoms with E-state index in [2.05, 4.69) is 4.98 Å². The smallest absolute Gasteiger partial charge is 0.323 e. The summed E-state index contributed by atoms with van der Waals surface area (Å²) in [6, 6.07) is 0. The Morgan fingerprint density at radius 1 is 1.45 bits per heavy atom. The molecule has 0 saturated heterocycles. The van der Waals surface area contributed by atoms with Crippen molar-refractivity contribution in [1.29, 1.82) is 0 Å². The van der Waals surface area contributed by atoms with Gasteiger partial charge in [0.2, 0.25) is 0 Å². The minimum absolute atomic E-state index is 0.132. The van der Waals surface area contributed by atoms with Gasteiger partial charge >= 0.3 is 5.97 Å². The molecule has 20 heavy (non-hydrogen) atoms. The first kappa shape index (κ1) is 14.2. The number of carbonyl (C=O) groups is 2. The quantitative estimate of drug-likeness (QED) is 0.891. The molecule has 0 radical (unpaired) electrons. The Morgan fingerprint density at radius 2 is 2.10 bits per heavy atom. The van der Waals surface area contributed by atoms with Crippen LogP contribution in [0.3, 0.4) is 0 Å². The summed E-state index contributed by atoms with van der Waals surface area (Å²) in [6.07, 6.45) is 1.20. The van der Waals surface area contributed by atoms with Gasteiger partial charge in [-0.3, -0.25) is 18.8 Å². The van der Waals surface area contributed by atoms with Crippen LogP contribution in [0.4, 0.5) is 0 Å². The Kier molecular flexibility index (Phi) is 3.58. The second kappa shape index (κ2) is 5.04. The third-order valence-electron chi connectivity index (χ3n) is 2.97. The molecule has 0 atom stereocenters. The lowest BCUT2D eigenvalue weighted by Crippen LogP contribution is -2.36. The molecular formula is C12H13N3O4S. The summed E-state index contributed by atoms with van der Waals surface area (Å²) >= 11 is 1.37. The first-order valence-corrected chi connectivity index (χ1v) is 6.59. The van der Waals surface area contributed by atoms with Crippen LogP contribution in [0.25, 0.3) is 4.96 Å². The van der Waals surface area contributed by atoms with Gasteiger partial charge in [-0.15, -0.1) is 11.3 Å². The molecule has 2 aromatic heterocycles. The van der Waals surface area contributed by atoms with E-state index in [1.54, 1.807) is 6.92 Å². The van der Waals surface area contributed by atoms with Crippen LogP contribution in [0.2, 0.25) is 0 Å². The van der Waals surface area contributed by atoms with Crippen molar-refractivity contribution in [1.82, 2.24) is 14.3 Å². The number of hydrogen-bond donors (Lipinski definition) is 1. The lowest BCUT2D eigenvalue weighted by Gasteiger charge is -2.13. The van der Waals surface area contributed by atoms with Crippen molar-refractivity contribution in [3.63, 3.8) is 0 Å². The van der Waals surface area contributed by atoms with Crippen molar-refractivity contribution in [3.8, 4) is 0 Å². The van der Waals surface area contributed by atoms with E-state index >= 15 is 0 Å². The predicted octanol–water partition coefficient (Wildman–Crippen LogP) is 0.529. The monoisotopic (exact) mass is 295 g/mol. The summed E-state index contributed by atoms with van der Waals surface area (Å²) in [7, 11) is 1.33. The molecule has 0 spiro atoms. The molecule has 0 aliphatic carbocycles. The second-order valence-corrected chi connectivity index (χ2v) is 5.58. The number of amides is 1. The zero-order chi connectivity index (χ0) is 15.0. The Hall–Kier alpha value is -2.22. The van der Waals surface area contributed by atoms with E-state index in [9.17, 15) is 14.4 Å². The number of rotatable bonds is 3. The van der Waals surface area contributed by atoms with Crippen LogP contribution in [-0.2, 0) is 4.79 Å². The van der Waals surface area contributed by atoms with E-state index in [1.165, 1.54) is 29.0 Å². The number of carboxylic acids is 1. The molecule has 2 rings (SSSR count). The van der Waals surface area contributed by atoms with Gasteiger partial charge < -0.3 is 10.0 Å². The Labute approximate surface area is 118 Å². The minimum atomic E-state index is -1.14. The maximum Gasteiger partial charge on any atom is 0.323 e. The highest BCUT2D eigenvalue weighted by Crippen LogP contribution is 2.18. The van der Waals surface area contributed by atoms with Gasteiger partial charge in [0.05, 0.1) is 0 Å². The fourth-order valence-electron chi connectivity index (χ4n) is 1.80. The summed E-state index contributed by atoms with van der Waals surface area (Å²) in [5.41, 5.74) is 0.129. The standard InChI is InChI=1S/C12H13N3O4S/c1-6-7(2)20-12-13-4-8(11(19)15(6)12)10(18)14(3)5-9(16)17/h4H,5H2,1-3H3,(H,16,17). The molecule has 0 aromatic carbocycles. The summed E-state index contributed by atoms with van der Waals surface area (Å²) < 4.78 is 1.38. The number of carboxylic acid groups (broad SMARTS) is 1. The first-order chi connectivity index (χ1) is 9.32. The van der Waals surface area contributed by atoms with E-state index in [4.69, 9.17) is 5.11 Å². The van der Waals surface area contributed by atoms with E-state index in [0.717, 1.165) is 15.5 Å². The van der Waals surface area contributed by atoms with E-state index in [0.29, 0.717) is 4.96 Å². The molecule has 8 heteroatoms. The minimum Gasteiger partial charge on any atom is -0.480 e. The Balaban J connectivity index is 2.53. The topological polar surface area (TPSA) is 92.0 Å². The molecule has 0 aliphatic heterocycles. The SMILES string of the molecule is Cc1sc2ncc(C(=O)N(C)CC(=O)O)c(=O)n2c1C. The van der Waals surface area contributed by atoms with Crippen molar-refractivity contribution in [2.75, 3.05) is 13.6 Å². The van der Waals surface area contributed by atoms with Crippen LogP contribution in [0.15, 0.2) is 11.0 Å². The number of aromatic nitrogens is 2. The fourth-order valence-corrected chi connectivity index (χ4v) is 2.73. The van der Waals surface area contributed by atoms with Crippen molar-refractivity contribution >= 4 is 28.2 Å². The molecule has 0 fully saturated rings. The summed E-state index contributed by atoms with van der Waals surface area (Å²) in [5.74, 6) is -1.79. The number of aryl methyl sites for hydroxylation is 2. The summed E-state index contributed by atoms with van der Waals surface area (Å²) in [4.78, 5) is 41.5. The number of aliphatic carboxylic acids is 1. The van der Waals surface area contributed by atoms with Crippen molar-refractivity contribution in [2.45, 2.75) is 13.8 Å². The molecule has 2 heterocycles. The van der Waals surface area contributed by atoms with Gasteiger partial charge in [-0.05, 0) is 13.8 Å². The Morgan fingerprint density at radius 3 is 2.70 bits per heavy atom. The van der Waals surface area contributed by atoms with Gasteiger partial charge in [-0.2, -0.15) is 0 Å². The van der Waals surface area contributed by atoms with Gasteiger partial charge in [-0.1, -0.05) is 0 Å². The van der Waals surface area contributed by atoms with Crippen LogP contribution >= 0.6 is 11.3 Å². The second-order valence-electron chi connectivity index (χ2n) is 4.39. The van der Waals surface area contributed by atoms with Gasteiger partial charge in [0.15, 0.2) is 4.96 Å². The van der Waals surface area contributed by atoms with Crippen LogP contribution in [0.5, 0.6) is 0 Å². The number of nitrogens with zero attached hydrogens (tertiary/aromatic N) is 3. The van der Waals surface area contributed by atoms with Crippen LogP contribution in [0.1, 0.15) is 20.9 Å². The number of hydrogen-bond acceptors (Lipinski definition) is 5. The Bertz CT molecular complexity index is 762. The number of likely N-dealkylation sites (N-methyl/N-ethyl adjacent to an activating group) is 1. The first-order valence-electron chi connectivity index (χ1n) is 5.78. The van der Waals surface area contributed by atoms with Gasteiger partial charge in [0, 0.05) is 23.8 Å². The largest absolute Gasteiger partial charge is 0.480 e. The van der Waals surface area contributed by atoms with E-state index < -0.39 is 24.0 Å². The molecule has 0 unspecified atom stereocenters. The van der Waals surface area contributed by atoms with Crippen LogP contribution in [-0.4, -0.2) is 44.9 Å². The zero-order valence-corrected chi connectivity index (χ0v) is 12.0. The zero-order valence-electron chi connectivity index (χ0n) is 11.2. The number of thiazole rings is 1. The molecule has 7 nitrogen and oxygen atoms in total. The van der Waals surface area contributed by atoms with E-state index in [1.807, 2.05) is 6.92 Å². The highest BCUT2D eigenvalue weighted by molar-refractivity contribution is 7.17. The lowest BCUT2D eigenvalue weighted by atomic mass is 10.3. The maximum atomic E-state index is 12.3. The number of fused-ring (bicyclic) bond motifs is 1. The molecule has 0 saturated carbocycles. The predicted molar refractivity (Wildman–Crippen MR) is 73.4 cm³/mol. The third kappa shape index (κ3) is 2.29. The molecule has 0 bridgehead atoms. The highest BCUT2D eigenvalue weighted by atomic mass is 32.1. The molecule has 2 aromatic rings. The summed E-state index contributed by atoms with van der Waals surface area (Å²) in [6.45, 7) is 3.17. The van der Waals surface area contributed by atoms with Crippen LogP contribution in [0, 0.1) is 13.8 Å². The van der Waals surface area contributed by atoms with Crippen molar-refractivity contribution in [3.05, 3.63) is 32.7 Å². The normalized spacial score (nSPS) is 10.8. The fraction of sp³-hybridized carbons (Fsp3) is 0.333. The average molecular weight is 295 g/mol. The number of carbonyl (C=O) groups excluding carboxylic acids is 1. The van der Waals surface area contributed by atoms with Crippen molar-refractivity contribution in [2.24, 2.45) is 0 Å². The molecular weight excluding hydrogens is 282 g/mol. The van der Waals surface area contributed by atoms with Crippen LogP contribution < -0.4 is 5.56 Å². The molecule has 1 amide bonds. The average Bonchev–Trinajstić information content (AvgIpc) is 2.64. The molecule has 106 valence electrons. The molecule has 1 N–H and O–H groups in total. The van der Waals surface area contributed by atoms with Gasteiger partial charge in [0.25, 0.3) is 11.5 Å². The summed E-state index contributed by atoms with van der Waals surface area (Å²) in [5, 5.41) is 8.68. The third-order valence-corrected chi connectivity index (χ3v) is 4.04. The lowest BCUT2D eigenvalue weighted by molar-refractivity contribution is -0.137. The van der Waals surface area contributed by atoms with E-state index in [-0.39, 0.29) is 5.56 Å². The maximum absolute atomic E-state index is 12.3. The van der Waals surface area contributed by atoms with Crippen molar-refractivity contribution < 1.29 is 14.7 Å². The highest BCUT2D eigenvalue weighted by Gasteiger charge is 2.20.